The molecule has 0 aromatic carbocycles. The molecule has 1 aromatic heterocycles. The Morgan fingerprint density at radius 2 is 2.23 bits per heavy atom. The van der Waals surface area contributed by atoms with Gasteiger partial charge in [-0.05, 0) is 13.8 Å². The Kier molecular flexibility index (Phi) is 3.27. The van der Waals surface area contributed by atoms with Gasteiger partial charge in [0.25, 0.3) is 0 Å². The van der Waals surface area contributed by atoms with E-state index in [-0.39, 0.29) is 0 Å². The van der Waals surface area contributed by atoms with Gasteiger partial charge in [-0.2, -0.15) is 0 Å². The van der Waals surface area contributed by atoms with Gasteiger partial charge in [0.15, 0.2) is 0 Å². The van der Waals surface area contributed by atoms with Crippen LogP contribution in [0.2, 0.25) is 0 Å². The second kappa shape index (κ2) is 4.46. The summed E-state index contributed by atoms with van der Waals surface area (Å²) in [5.41, 5.74) is 0.968. The van der Waals surface area contributed by atoms with Crippen LogP contribution in [0.5, 0.6) is 0 Å². The van der Waals surface area contributed by atoms with E-state index in [2.05, 4.69) is 21.2 Å². The third kappa shape index (κ3) is 3.12. The number of aromatic nitrogens is 2. The van der Waals surface area contributed by atoms with Crippen molar-refractivity contribution < 1.29 is 0 Å². The Morgan fingerprint density at radius 3 is 2.85 bits per heavy atom. The lowest BCUT2D eigenvalue weighted by Crippen LogP contribution is -2.04. The molecule has 0 saturated heterocycles. The molecular weight excluding hydrogens is 162 g/mol. The Labute approximate surface area is 78.6 Å². The number of rotatable bonds is 3. The number of nitrogens with one attached hydrogen (secondary N) is 1. The number of hydrogen-bond acceptors (Lipinski definition) is 3. The Bertz CT molecular complexity index is 305. The number of anilines is 1. The van der Waals surface area contributed by atoms with E-state index in [1.165, 1.54) is 0 Å². The molecule has 1 heterocycles. The zero-order valence-electron chi connectivity index (χ0n) is 7.96. The standard InChI is InChI=1S/C10H13N3/c1-4-5-6-11-10-7-8(2)12-9(3)13-10/h1,7H,5-6H2,2-3H3,(H,11,12,13). The zero-order chi connectivity index (χ0) is 9.68. The molecule has 0 fully saturated rings. The maximum absolute atomic E-state index is 5.13. The number of nitrogens with zero attached hydrogens (tertiary/aromatic N) is 2. The molecule has 0 unspecified atom stereocenters. The van der Waals surface area contributed by atoms with Gasteiger partial charge in [0, 0.05) is 24.7 Å². The van der Waals surface area contributed by atoms with E-state index in [0.29, 0.717) is 6.42 Å². The van der Waals surface area contributed by atoms with Crippen molar-refractivity contribution in [1.29, 1.82) is 0 Å². The Hall–Kier alpha value is -1.56. The molecule has 13 heavy (non-hydrogen) atoms. The van der Waals surface area contributed by atoms with Gasteiger partial charge >= 0.3 is 0 Å². The Balaban J connectivity index is 2.62. The van der Waals surface area contributed by atoms with Crippen LogP contribution in [0, 0.1) is 26.2 Å². The monoisotopic (exact) mass is 175 g/mol. The van der Waals surface area contributed by atoms with Crippen molar-refractivity contribution in [2.45, 2.75) is 20.3 Å². The van der Waals surface area contributed by atoms with Crippen molar-refractivity contribution >= 4 is 5.82 Å². The summed E-state index contributed by atoms with van der Waals surface area (Å²) in [5, 5.41) is 3.13. The summed E-state index contributed by atoms with van der Waals surface area (Å²) >= 11 is 0. The first-order chi connectivity index (χ1) is 6.22. The normalized spacial score (nSPS) is 9.31. The largest absolute Gasteiger partial charge is 0.369 e. The average Bonchev–Trinajstić information content (AvgIpc) is 2.03. The molecular formula is C10H13N3. The minimum absolute atomic E-state index is 0.710. The maximum Gasteiger partial charge on any atom is 0.129 e. The smallest absolute Gasteiger partial charge is 0.129 e. The van der Waals surface area contributed by atoms with Crippen LogP contribution in [-0.2, 0) is 0 Å². The van der Waals surface area contributed by atoms with E-state index in [9.17, 15) is 0 Å². The van der Waals surface area contributed by atoms with Crippen molar-refractivity contribution in [1.82, 2.24) is 9.97 Å². The lowest BCUT2D eigenvalue weighted by molar-refractivity contribution is 0.987. The van der Waals surface area contributed by atoms with Gasteiger partial charge in [-0.1, -0.05) is 0 Å². The van der Waals surface area contributed by atoms with Crippen LogP contribution >= 0.6 is 0 Å². The zero-order valence-corrected chi connectivity index (χ0v) is 7.96. The summed E-state index contributed by atoms with van der Waals surface area (Å²) in [6, 6.07) is 1.91. The van der Waals surface area contributed by atoms with Crippen LogP contribution < -0.4 is 5.32 Å². The van der Waals surface area contributed by atoms with Crippen LogP contribution in [0.4, 0.5) is 5.82 Å². The number of terminal acetylenes is 1. The molecule has 0 bridgehead atoms. The first-order valence-electron chi connectivity index (χ1n) is 4.22. The molecule has 0 amide bonds. The van der Waals surface area contributed by atoms with Crippen LogP contribution in [0.1, 0.15) is 17.9 Å². The molecule has 1 rings (SSSR count). The first kappa shape index (κ1) is 9.53. The highest BCUT2D eigenvalue weighted by atomic mass is 15.0. The highest BCUT2D eigenvalue weighted by molar-refractivity contribution is 5.35. The van der Waals surface area contributed by atoms with Crippen LogP contribution in [0.3, 0.4) is 0 Å². The highest BCUT2D eigenvalue weighted by Crippen LogP contribution is 2.04. The fourth-order valence-electron chi connectivity index (χ4n) is 1.07. The SMILES string of the molecule is C#CCCNc1cc(C)nc(C)n1. The molecule has 3 nitrogen and oxygen atoms in total. The van der Waals surface area contributed by atoms with Crippen molar-refractivity contribution in [2.24, 2.45) is 0 Å². The number of aryl methyl sites for hydroxylation is 2. The summed E-state index contributed by atoms with van der Waals surface area (Å²) in [7, 11) is 0. The molecule has 0 aliphatic rings. The molecule has 0 aliphatic carbocycles. The molecule has 3 heteroatoms. The molecule has 0 saturated carbocycles. The van der Waals surface area contributed by atoms with E-state index < -0.39 is 0 Å². The van der Waals surface area contributed by atoms with Crippen molar-refractivity contribution in [3.8, 4) is 12.3 Å². The van der Waals surface area contributed by atoms with E-state index in [0.717, 1.165) is 23.9 Å². The summed E-state index contributed by atoms with van der Waals surface area (Å²) in [6.07, 6.45) is 5.84. The van der Waals surface area contributed by atoms with Gasteiger partial charge < -0.3 is 5.32 Å². The lowest BCUT2D eigenvalue weighted by Gasteiger charge is -2.04. The van der Waals surface area contributed by atoms with E-state index >= 15 is 0 Å². The topological polar surface area (TPSA) is 37.8 Å². The summed E-state index contributed by atoms with van der Waals surface area (Å²) in [5.74, 6) is 4.19. The van der Waals surface area contributed by atoms with E-state index in [1.807, 2.05) is 19.9 Å². The molecule has 68 valence electrons. The summed E-state index contributed by atoms with van der Waals surface area (Å²) < 4.78 is 0. The van der Waals surface area contributed by atoms with Gasteiger partial charge in [0.05, 0.1) is 0 Å². The maximum atomic E-state index is 5.13. The molecule has 0 spiro atoms. The van der Waals surface area contributed by atoms with Gasteiger partial charge in [-0.25, -0.2) is 9.97 Å². The fourth-order valence-corrected chi connectivity index (χ4v) is 1.07. The first-order valence-corrected chi connectivity index (χ1v) is 4.22. The second-order valence-corrected chi connectivity index (χ2v) is 2.82. The average molecular weight is 175 g/mol. The summed E-state index contributed by atoms with van der Waals surface area (Å²) in [6.45, 7) is 4.58. The summed E-state index contributed by atoms with van der Waals surface area (Å²) in [4.78, 5) is 8.39. The van der Waals surface area contributed by atoms with E-state index in [4.69, 9.17) is 6.42 Å². The minimum Gasteiger partial charge on any atom is -0.369 e. The molecule has 0 aliphatic heterocycles. The second-order valence-electron chi connectivity index (χ2n) is 2.82. The Morgan fingerprint density at radius 1 is 1.46 bits per heavy atom. The molecule has 1 aromatic rings. The quantitative estimate of drug-likeness (QED) is 0.559. The minimum atomic E-state index is 0.710. The predicted molar refractivity (Wildman–Crippen MR) is 53.4 cm³/mol. The van der Waals surface area contributed by atoms with Crippen molar-refractivity contribution in [3.05, 3.63) is 17.6 Å². The molecule has 1 N–H and O–H groups in total. The van der Waals surface area contributed by atoms with Crippen LogP contribution in [0.25, 0.3) is 0 Å². The molecule has 0 atom stereocenters. The van der Waals surface area contributed by atoms with Gasteiger partial charge in [0.2, 0.25) is 0 Å². The predicted octanol–water partition coefficient (Wildman–Crippen LogP) is 1.53. The van der Waals surface area contributed by atoms with Gasteiger partial charge in [0.1, 0.15) is 11.6 Å². The van der Waals surface area contributed by atoms with Crippen molar-refractivity contribution in [3.63, 3.8) is 0 Å². The van der Waals surface area contributed by atoms with Crippen LogP contribution in [-0.4, -0.2) is 16.5 Å². The third-order valence-corrected chi connectivity index (χ3v) is 1.54. The fraction of sp³-hybridized carbons (Fsp3) is 0.400. The van der Waals surface area contributed by atoms with E-state index in [1.54, 1.807) is 0 Å². The van der Waals surface area contributed by atoms with Crippen molar-refractivity contribution in [2.75, 3.05) is 11.9 Å². The van der Waals surface area contributed by atoms with Crippen LogP contribution in [0.15, 0.2) is 6.07 Å². The molecule has 0 radical (unpaired) electrons. The third-order valence-electron chi connectivity index (χ3n) is 1.54. The lowest BCUT2D eigenvalue weighted by atomic mass is 10.4. The number of hydrogen-bond donors (Lipinski definition) is 1. The van der Waals surface area contributed by atoms with Gasteiger partial charge in [-0.3, -0.25) is 0 Å². The highest BCUT2D eigenvalue weighted by Gasteiger charge is 1.96. The van der Waals surface area contributed by atoms with Gasteiger partial charge in [-0.15, -0.1) is 12.3 Å².